The number of carbonyl (C=O) groups excluding carboxylic acids is 1. The lowest BCUT2D eigenvalue weighted by Crippen LogP contribution is -2.26. The highest BCUT2D eigenvalue weighted by atomic mass is 35.5. The van der Waals surface area contributed by atoms with Crippen LogP contribution in [0.4, 0.5) is 5.69 Å². The highest BCUT2D eigenvalue weighted by Gasteiger charge is 2.13. The summed E-state index contributed by atoms with van der Waals surface area (Å²) in [6.45, 7) is 1.90. The molecular weight excluding hydrogens is 288 g/mol. The quantitative estimate of drug-likeness (QED) is 0.851. The minimum absolute atomic E-state index is 0.153. The first-order valence-electron chi connectivity index (χ1n) is 6.51. The van der Waals surface area contributed by atoms with Gasteiger partial charge in [-0.3, -0.25) is 4.79 Å². The fourth-order valence-electron chi connectivity index (χ4n) is 2.01. The molecule has 4 nitrogen and oxygen atoms in total. The van der Waals surface area contributed by atoms with Gasteiger partial charge in [0.2, 0.25) is 0 Å². The normalized spacial score (nSPS) is 11.8. The number of nitrogens with one attached hydrogen (secondary N) is 1. The summed E-state index contributed by atoms with van der Waals surface area (Å²) in [4.78, 5) is 12.2. The van der Waals surface area contributed by atoms with Crippen molar-refractivity contribution in [1.82, 2.24) is 5.32 Å². The fourth-order valence-corrected chi connectivity index (χ4v) is 2.21. The van der Waals surface area contributed by atoms with Crippen LogP contribution in [0.5, 0.6) is 5.75 Å². The molecule has 0 saturated carbocycles. The molecule has 0 saturated heterocycles. The molecule has 0 spiro atoms. The number of ether oxygens (including phenoxy) is 1. The number of halogens is 1. The molecule has 0 aliphatic carbocycles. The number of nitrogen functional groups attached to an aromatic ring is 1. The zero-order valence-electron chi connectivity index (χ0n) is 11.9. The van der Waals surface area contributed by atoms with E-state index in [1.165, 1.54) is 7.11 Å². The summed E-state index contributed by atoms with van der Waals surface area (Å²) in [5, 5.41) is 3.55. The molecule has 0 radical (unpaired) electrons. The smallest absolute Gasteiger partial charge is 0.251 e. The molecule has 1 atom stereocenters. The lowest BCUT2D eigenvalue weighted by molar-refractivity contribution is 0.0940. The summed E-state index contributed by atoms with van der Waals surface area (Å²) in [6, 6.07) is 12.2. The molecule has 2 aromatic rings. The van der Waals surface area contributed by atoms with Gasteiger partial charge >= 0.3 is 0 Å². The summed E-state index contributed by atoms with van der Waals surface area (Å²) in [6.07, 6.45) is 0. The van der Waals surface area contributed by atoms with Crippen molar-refractivity contribution >= 4 is 23.2 Å². The zero-order valence-corrected chi connectivity index (χ0v) is 12.6. The lowest BCUT2D eigenvalue weighted by atomic mass is 10.1. The third-order valence-corrected chi connectivity index (χ3v) is 3.42. The number of nitrogens with two attached hydrogens (primary N) is 1. The molecule has 110 valence electrons. The molecule has 3 N–H and O–H groups in total. The molecule has 5 heteroatoms. The second kappa shape index (κ2) is 6.50. The fraction of sp³-hybridized carbons (Fsp3) is 0.188. The maximum atomic E-state index is 12.2. The molecule has 0 aliphatic rings. The van der Waals surface area contributed by atoms with Gasteiger partial charge in [0.15, 0.2) is 0 Å². The molecule has 1 amide bonds. The maximum Gasteiger partial charge on any atom is 0.251 e. The molecule has 0 bridgehead atoms. The summed E-state index contributed by atoms with van der Waals surface area (Å²) in [5.74, 6) is 0.353. The molecular formula is C16H17ClN2O2. The number of anilines is 1. The Kier molecular flexibility index (Phi) is 4.70. The molecule has 0 aromatic heterocycles. The molecule has 0 fully saturated rings. The Morgan fingerprint density at radius 2 is 2.05 bits per heavy atom. The van der Waals surface area contributed by atoms with Crippen LogP contribution in [0, 0.1) is 0 Å². The van der Waals surface area contributed by atoms with E-state index in [-0.39, 0.29) is 11.9 Å². The van der Waals surface area contributed by atoms with Gasteiger partial charge in [-0.15, -0.1) is 0 Å². The van der Waals surface area contributed by atoms with Gasteiger partial charge in [-0.25, -0.2) is 0 Å². The SMILES string of the molecule is COc1ccc(C(=O)NC(C)c2cccc(Cl)c2)cc1N. The molecule has 0 aliphatic heterocycles. The van der Waals surface area contributed by atoms with E-state index in [0.29, 0.717) is 22.0 Å². The van der Waals surface area contributed by atoms with Gasteiger partial charge in [0, 0.05) is 10.6 Å². The first-order valence-corrected chi connectivity index (χ1v) is 6.89. The molecule has 1 unspecified atom stereocenters. The predicted molar refractivity (Wildman–Crippen MR) is 84.7 cm³/mol. The summed E-state index contributed by atoms with van der Waals surface area (Å²) >= 11 is 5.95. The minimum Gasteiger partial charge on any atom is -0.495 e. The Morgan fingerprint density at radius 3 is 2.67 bits per heavy atom. The van der Waals surface area contributed by atoms with Gasteiger partial charge in [-0.1, -0.05) is 23.7 Å². The first-order chi connectivity index (χ1) is 10.0. The van der Waals surface area contributed by atoms with E-state index in [2.05, 4.69) is 5.32 Å². The van der Waals surface area contributed by atoms with Gasteiger partial charge < -0.3 is 15.8 Å². The number of methoxy groups -OCH3 is 1. The van der Waals surface area contributed by atoms with Crippen molar-refractivity contribution in [2.45, 2.75) is 13.0 Å². The van der Waals surface area contributed by atoms with Crippen molar-refractivity contribution in [2.24, 2.45) is 0 Å². The Hall–Kier alpha value is -2.20. The van der Waals surface area contributed by atoms with Crippen molar-refractivity contribution in [1.29, 1.82) is 0 Å². The van der Waals surface area contributed by atoms with Crippen LogP contribution in [0.2, 0.25) is 5.02 Å². The number of carbonyl (C=O) groups is 1. The number of amides is 1. The van der Waals surface area contributed by atoms with Crippen molar-refractivity contribution in [3.63, 3.8) is 0 Å². The van der Waals surface area contributed by atoms with Crippen LogP contribution in [-0.4, -0.2) is 13.0 Å². The number of benzene rings is 2. The first kappa shape index (κ1) is 15.2. The maximum absolute atomic E-state index is 12.2. The number of rotatable bonds is 4. The summed E-state index contributed by atoms with van der Waals surface area (Å²) in [5.41, 5.74) is 7.67. The van der Waals surface area contributed by atoms with Crippen molar-refractivity contribution in [2.75, 3.05) is 12.8 Å². The van der Waals surface area contributed by atoms with Gasteiger partial charge in [0.1, 0.15) is 5.75 Å². The monoisotopic (exact) mass is 304 g/mol. The second-order valence-electron chi connectivity index (χ2n) is 4.71. The van der Waals surface area contributed by atoms with Gasteiger partial charge in [-0.2, -0.15) is 0 Å². The average molecular weight is 305 g/mol. The van der Waals surface area contributed by atoms with Crippen LogP contribution < -0.4 is 15.8 Å². The van der Waals surface area contributed by atoms with E-state index in [9.17, 15) is 4.79 Å². The van der Waals surface area contributed by atoms with E-state index in [0.717, 1.165) is 5.56 Å². The topological polar surface area (TPSA) is 64.3 Å². The number of hydrogen-bond acceptors (Lipinski definition) is 3. The highest BCUT2D eigenvalue weighted by molar-refractivity contribution is 6.30. The van der Waals surface area contributed by atoms with Crippen LogP contribution in [0.1, 0.15) is 28.9 Å². The third kappa shape index (κ3) is 3.67. The Bertz CT molecular complexity index is 658. The van der Waals surface area contributed by atoms with E-state index >= 15 is 0 Å². The van der Waals surface area contributed by atoms with Crippen LogP contribution in [0.15, 0.2) is 42.5 Å². The highest BCUT2D eigenvalue weighted by Crippen LogP contribution is 2.23. The van der Waals surface area contributed by atoms with Gasteiger partial charge in [0.25, 0.3) is 5.91 Å². The van der Waals surface area contributed by atoms with Crippen LogP contribution in [-0.2, 0) is 0 Å². The van der Waals surface area contributed by atoms with E-state index < -0.39 is 0 Å². The van der Waals surface area contributed by atoms with E-state index in [1.54, 1.807) is 24.3 Å². The van der Waals surface area contributed by atoms with Crippen LogP contribution in [0.25, 0.3) is 0 Å². The van der Waals surface area contributed by atoms with E-state index in [4.69, 9.17) is 22.1 Å². The Labute approximate surface area is 128 Å². The number of hydrogen-bond donors (Lipinski definition) is 2. The molecule has 2 rings (SSSR count). The second-order valence-corrected chi connectivity index (χ2v) is 5.14. The third-order valence-electron chi connectivity index (χ3n) is 3.19. The van der Waals surface area contributed by atoms with Crippen molar-refractivity contribution in [3.8, 4) is 5.75 Å². The van der Waals surface area contributed by atoms with E-state index in [1.807, 2.05) is 25.1 Å². The standard InChI is InChI=1S/C16H17ClN2O2/c1-10(11-4-3-5-13(17)8-11)19-16(20)12-6-7-15(21-2)14(18)9-12/h3-10H,18H2,1-2H3,(H,19,20). The molecule has 2 aromatic carbocycles. The van der Waals surface area contributed by atoms with Crippen LogP contribution in [0.3, 0.4) is 0 Å². The van der Waals surface area contributed by atoms with Gasteiger partial charge in [0.05, 0.1) is 18.8 Å². The largest absolute Gasteiger partial charge is 0.495 e. The lowest BCUT2D eigenvalue weighted by Gasteiger charge is -2.15. The minimum atomic E-state index is -0.197. The molecule has 0 heterocycles. The zero-order chi connectivity index (χ0) is 15.4. The summed E-state index contributed by atoms with van der Waals surface area (Å²) in [7, 11) is 1.53. The average Bonchev–Trinajstić information content (AvgIpc) is 2.47. The van der Waals surface area contributed by atoms with Gasteiger partial charge in [-0.05, 0) is 42.8 Å². The van der Waals surface area contributed by atoms with Crippen LogP contribution >= 0.6 is 11.6 Å². The Balaban J connectivity index is 2.12. The molecule has 21 heavy (non-hydrogen) atoms. The predicted octanol–water partition coefficient (Wildman–Crippen LogP) is 3.42. The van der Waals surface area contributed by atoms with Crippen molar-refractivity contribution < 1.29 is 9.53 Å². The van der Waals surface area contributed by atoms with Crippen molar-refractivity contribution in [3.05, 3.63) is 58.6 Å². The summed E-state index contributed by atoms with van der Waals surface area (Å²) < 4.78 is 5.07. The Morgan fingerprint density at radius 1 is 1.29 bits per heavy atom.